The highest BCUT2D eigenvalue weighted by Gasteiger charge is 2.02. The molecular formula is C5H7ClO5. The van der Waals surface area contributed by atoms with Crippen LogP contribution in [0.3, 0.4) is 0 Å². The van der Waals surface area contributed by atoms with Gasteiger partial charge in [-0.2, -0.15) is 0 Å². The van der Waals surface area contributed by atoms with Crippen LogP contribution in [0.15, 0.2) is 0 Å². The lowest BCUT2D eigenvalue weighted by Gasteiger charge is -2.00. The van der Waals surface area contributed by atoms with Crippen LogP contribution in [0.5, 0.6) is 0 Å². The van der Waals surface area contributed by atoms with E-state index in [2.05, 4.69) is 9.47 Å². The molecule has 0 aromatic rings. The molecule has 5 nitrogen and oxygen atoms in total. The normalized spacial score (nSPS) is 8.82. The summed E-state index contributed by atoms with van der Waals surface area (Å²) in [7, 11) is 0. The lowest BCUT2D eigenvalue weighted by molar-refractivity contribution is -0.152. The molecule has 11 heavy (non-hydrogen) atoms. The molecule has 0 spiro atoms. The third-order valence-corrected chi connectivity index (χ3v) is 0.890. The Hall–Kier alpha value is -0.970. The number of carbonyl (C=O) groups is 2. The van der Waals surface area contributed by atoms with Gasteiger partial charge in [0.05, 0.1) is 6.42 Å². The van der Waals surface area contributed by atoms with Crippen molar-refractivity contribution < 1.29 is 24.2 Å². The van der Waals surface area contributed by atoms with Gasteiger partial charge in [0, 0.05) is 5.88 Å². The minimum Gasteiger partial charge on any atom is -0.450 e. The van der Waals surface area contributed by atoms with Gasteiger partial charge in [-0.05, 0) is 0 Å². The SMILES string of the molecule is O=C(O)OCOC(=O)CCCl. The molecule has 0 unspecified atom stereocenters. The van der Waals surface area contributed by atoms with Gasteiger partial charge in [0.25, 0.3) is 0 Å². The maximum atomic E-state index is 10.4. The number of carboxylic acid groups (broad SMARTS) is 1. The summed E-state index contributed by atoms with van der Waals surface area (Å²) >= 11 is 5.18. The summed E-state index contributed by atoms with van der Waals surface area (Å²) in [4.78, 5) is 20.1. The van der Waals surface area contributed by atoms with Crippen LogP contribution in [0.1, 0.15) is 6.42 Å². The average Bonchev–Trinajstić information content (AvgIpc) is 1.87. The van der Waals surface area contributed by atoms with Crippen LogP contribution < -0.4 is 0 Å². The number of rotatable bonds is 4. The lowest BCUT2D eigenvalue weighted by atomic mass is 10.5. The zero-order valence-corrected chi connectivity index (χ0v) is 6.34. The predicted molar refractivity (Wildman–Crippen MR) is 35.4 cm³/mol. The van der Waals surface area contributed by atoms with Crippen molar-refractivity contribution in [2.45, 2.75) is 6.42 Å². The molecule has 0 radical (unpaired) electrons. The van der Waals surface area contributed by atoms with Gasteiger partial charge in [0.15, 0.2) is 0 Å². The van der Waals surface area contributed by atoms with E-state index in [0.717, 1.165) is 0 Å². The van der Waals surface area contributed by atoms with Gasteiger partial charge in [-0.25, -0.2) is 4.79 Å². The van der Waals surface area contributed by atoms with E-state index in [1.165, 1.54) is 0 Å². The van der Waals surface area contributed by atoms with Crippen LogP contribution in [0.4, 0.5) is 4.79 Å². The van der Waals surface area contributed by atoms with Crippen molar-refractivity contribution in [2.24, 2.45) is 0 Å². The predicted octanol–water partition coefficient (Wildman–Crippen LogP) is 0.811. The zero-order valence-electron chi connectivity index (χ0n) is 5.58. The number of ether oxygens (including phenoxy) is 2. The van der Waals surface area contributed by atoms with Crippen molar-refractivity contribution in [3.63, 3.8) is 0 Å². The second-order valence-corrected chi connectivity index (χ2v) is 1.86. The number of hydrogen-bond acceptors (Lipinski definition) is 4. The van der Waals surface area contributed by atoms with Crippen molar-refractivity contribution in [1.82, 2.24) is 0 Å². The molecular weight excluding hydrogens is 176 g/mol. The van der Waals surface area contributed by atoms with Crippen LogP contribution in [0.25, 0.3) is 0 Å². The third kappa shape index (κ3) is 6.92. The molecule has 0 saturated carbocycles. The minimum atomic E-state index is -1.48. The Balaban J connectivity index is 3.24. The van der Waals surface area contributed by atoms with Crippen LogP contribution >= 0.6 is 11.6 Å². The fraction of sp³-hybridized carbons (Fsp3) is 0.600. The number of alkyl halides is 1. The first-order chi connectivity index (χ1) is 5.16. The van der Waals surface area contributed by atoms with Gasteiger partial charge < -0.3 is 14.6 Å². The summed E-state index contributed by atoms with van der Waals surface area (Å²) in [6, 6.07) is 0. The summed E-state index contributed by atoms with van der Waals surface area (Å²) in [5.74, 6) is -0.437. The van der Waals surface area contributed by atoms with Crippen LogP contribution in [-0.2, 0) is 14.3 Å². The zero-order chi connectivity index (χ0) is 8.69. The highest BCUT2D eigenvalue weighted by Crippen LogP contribution is 1.89. The highest BCUT2D eigenvalue weighted by molar-refractivity contribution is 6.18. The van der Waals surface area contributed by atoms with Crippen molar-refractivity contribution in [3.8, 4) is 0 Å². The number of hydrogen-bond donors (Lipinski definition) is 1. The lowest BCUT2D eigenvalue weighted by Crippen LogP contribution is -2.11. The Morgan fingerprint density at radius 3 is 2.45 bits per heavy atom. The minimum absolute atomic E-state index is 0.0462. The van der Waals surface area contributed by atoms with Gasteiger partial charge in [-0.15, -0.1) is 11.6 Å². The maximum Gasteiger partial charge on any atom is 0.508 e. The van der Waals surface area contributed by atoms with Crippen molar-refractivity contribution in [1.29, 1.82) is 0 Å². The van der Waals surface area contributed by atoms with E-state index in [0.29, 0.717) is 0 Å². The van der Waals surface area contributed by atoms with E-state index in [1.807, 2.05) is 0 Å². The topological polar surface area (TPSA) is 72.8 Å². The van der Waals surface area contributed by atoms with E-state index in [-0.39, 0.29) is 12.3 Å². The van der Waals surface area contributed by atoms with E-state index in [1.54, 1.807) is 0 Å². The van der Waals surface area contributed by atoms with Crippen molar-refractivity contribution in [2.75, 3.05) is 12.7 Å². The standard InChI is InChI=1S/C5H7ClO5/c6-2-1-4(7)10-3-11-5(8)9/h1-3H2,(H,8,9). The van der Waals surface area contributed by atoms with Crippen molar-refractivity contribution in [3.05, 3.63) is 0 Å². The van der Waals surface area contributed by atoms with Crippen LogP contribution in [0, 0.1) is 0 Å². The molecule has 0 amide bonds. The van der Waals surface area contributed by atoms with E-state index < -0.39 is 18.9 Å². The molecule has 6 heteroatoms. The maximum absolute atomic E-state index is 10.4. The molecule has 0 aromatic carbocycles. The van der Waals surface area contributed by atoms with E-state index in [4.69, 9.17) is 16.7 Å². The summed E-state index contributed by atoms with van der Waals surface area (Å²) in [6.45, 7) is -0.578. The largest absolute Gasteiger partial charge is 0.508 e. The summed E-state index contributed by atoms with van der Waals surface area (Å²) < 4.78 is 8.16. The van der Waals surface area contributed by atoms with Gasteiger partial charge in [0.2, 0.25) is 6.79 Å². The molecule has 0 bridgehead atoms. The Morgan fingerprint density at radius 1 is 1.36 bits per heavy atom. The second-order valence-electron chi connectivity index (χ2n) is 1.48. The number of esters is 1. The summed E-state index contributed by atoms with van der Waals surface area (Å²) in [6.07, 6.45) is -1.44. The molecule has 0 aromatic heterocycles. The Morgan fingerprint density at radius 2 is 2.00 bits per heavy atom. The summed E-state index contributed by atoms with van der Waals surface area (Å²) in [5, 5.41) is 7.92. The number of halogens is 1. The third-order valence-electron chi connectivity index (χ3n) is 0.701. The summed E-state index contributed by atoms with van der Waals surface area (Å²) in [5.41, 5.74) is 0. The van der Waals surface area contributed by atoms with E-state index >= 15 is 0 Å². The average molecular weight is 183 g/mol. The monoisotopic (exact) mass is 182 g/mol. The van der Waals surface area contributed by atoms with Crippen LogP contribution in [0.2, 0.25) is 0 Å². The molecule has 0 heterocycles. The van der Waals surface area contributed by atoms with Gasteiger partial charge >= 0.3 is 12.1 Å². The smallest absolute Gasteiger partial charge is 0.450 e. The van der Waals surface area contributed by atoms with Crippen LogP contribution in [-0.4, -0.2) is 29.9 Å². The number of carbonyl (C=O) groups excluding carboxylic acids is 1. The Labute approximate surface area is 67.8 Å². The first-order valence-corrected chi connectivity index (χ1v) is 3.27. The molecule has 0 aliphatic heterocycles. The van der Waals surface area contributed by atoms with Gasteiger partial charge in [-0.3, -0.25) is 4.79 Å². The molecule has 64 valence electrons. The first-order valence-electron chi connectivity index (χ1n) is 2.74. The Bertz CT molecular complexity index is 146. The molecule has 0 aliphatic carbocycles. The molecule has 0 aliphatic rings. The van der Waals surface area contributed by atoms with Gasteiger partial charge in [0.1, 0.15) is 0 Å². The molecule has 1 N–H and O–H groups in total. The first kappa shape index (κ1) is 10.0. The molecule has 0 saturated heterocycles. The fourth-order valence-corrected chi connectivity index (χ4v) is 0.449. The van der Waals surface area contributed by atoms with Gasteiger partial charge in [-0.1, -0.05) is 0 Å². The Kier molecular flexibility index (Phi) is 5.28. The molecule has 0 rings (SSSR count). The quantitative estimate of drug-likeness (QED) is 0.396. The van der Waals surface area contributed by atoms with Crippen molar-refractivity contribution >= 4 is 23.7 Å². The highest BCUT2D eigenvalue weighted by atomic mass is 35.5. The fourth-order valence-electron chi connectivity index (χ4n) is 0.295. The molecule has 0 fully saturated rings. The van der Waals surface area contributed by atoms with E-state index in [9.17, 15) is 9.59 Å². The second kappa shape index (κ2) is 5.79. The molecule has 0 atom stereocenters.